The molecule has 94 valence electrons. The number of ether oxygens (including phenoxy) is 1. The lowest BCUT2D eigenvalue weighted by atomic mass is 10.2. The maximum atomic E-state index is 12.0. The molecule has 1 aromatic rings. The second kappa shape index (κ2) is 5.03. The molecule has 0 spiro atoms. The Morgan fingerprint density at radius 3 is 2.71 bits per heavy atom. The topological polar surface area (TPSA) is 51.2 Å². The molecule has 0 saturated carbocycles. The number of halogens is 3. The Balaban J connectivity index is 2.80. The van der Waals surface area contributed by atoms with Crippen LogP contribution in [0.15, 0.2) is 12.3 Å². The highest BCUT2D eigenvalue weighted by molar-refractivity contribution is 5.92. The van der Waals surface area contributed by atoms with Crippen molar-refractivity contribution in [2.75, 3.05) is 12.4 Å². The van der Waals surface area contributed by atoms with E-state index >= 15 is 0 Å². The van der Waals surface area contributed by atoms with Gasteiger partial charge in [0.15, 0.2) is 0 Å². The van der Waals surface area contributed by atoms with E-state index in [2.05, 4.69) is 10.3 Å². The fraction of sp³-hybridized carbons (Fsp3) is 0.400. The van der Waals surface area contributed by atoms with Gasteiger partial charge in [-0.25, -0.2) is 4.98 Å². The predicted octanol–water partition coefficient (Wildman–Crippen LogP) is 2.29. The molecule has 0 aliphatic rings. The standard InChI is InChI=1S/C10H11F3N2O2/c1-6-3-7(9(17-2)14-5-6)15-8(16)4-10(11,12)13/h3,5H,4H2,1-2H3,(H,15,16). The maximum absolute atomic E-state index is 12.0. The van der Waals surface area contributed by atoms with Crippen molar-refractivity contribution >= 4 is 11.6 Å². The number of alkyl halides is 3. The van der Waals surface area contributed by atoms with Crippen LogP contribution in [0.25, 0.3) is 0 Å². The lowest BCUT2D eigenvalue weighted by Gasteiger charge is -2.10. The molecule has 17 heavy (non-hydrogen) atoms. The Labute approximate surface area is 95.8 Å². The molecular formula is C10H11F3N2O2. The molecule has 7 heteroatoms. The number of nitrogens with zero attached hydrogens (tertiary/aromatic N) is 1. The smallest absolute Gasteiger partial charge is 0.397 e. The van der Waals surface area contributed by atoms with Crippen LogP contribution in [0.1, 0.15) is 12.0 Å². The molecule has 0 aliphatic carbocycles. The molecule has 0 atom stereocenters. The van der Waals surface area contributed by atoms with Crippen LogP contribution in [0.4, 0.5) is 18.9 Å². The van der Waals surface area contributed by atoms with Gasteiger partial charge in [0, 0.05) is 6.20 Å². The summed E-state index contributed by atoms with van der Waals surface area (Å²) in [6, 6.07) is 1.49. The molecule has 0 radical (unpaired) electrons. The molecule has 1 rings (SSSR count). The van der Waals surface area contributed by atoms with Crippen LogP contribution in [0.3, 0.4) is 0 Å². The first-order valence-electron chi connectivity index (χ1n) is 4.69. The summed E-state index contributed by atoms with van der Waals surface area (Å²) in [6.45, 7) is 1.70. The van der Waals surface area contributed by atoms with Crippen LogP contribution in [-0.2, 0) is 4.79 Å². The third-order valence-corrected chi connectivity index (χ3v) is 1.82. The minimum absolute atomic E-state index is 0.0751. The van der Waals surface area contributed by atoms with Crippen LogP contribution >= 0.6 is 0 Å². The van der Waals surface area contributed by atoms with Crippen molar-refractivity contribution in [3.05, 3.63) is 17.8 Å². The Hall–Kier alpha value is -1.79. The van der Waals surface area contributed by atoms with Crippen molar-refractivity contribution in [2.45, 2.75) is 19.5 Å². The first-order chi connectivity index (χ1) is 7.81. The zero-order valence-electron chi connectivity index (χ0n) is 9.26. The number of hydrogen-bond donors (Lipinski definition) is 1. The second-order valence-electron chi connectivity index (χ2n) is 3.41. The highest BCUT2D eigenvalue weighted by atomic mass is 19.4. The summed E-state index contributed by atoms with van der Waals surface area (Å²) in [6.07, 6.45) is -4.59. The zero-order valence-corrected chi connectivity index (χ0v) is 9.26. The van der Waals surface area contributed by atoms with E-state index in [1.165, 1.54) is 19.4 Å². The lowest BCUT2D eigenvalue weighted by molar-refractivity contribution is -0.150. The van der Waals surface area contributed by atoms with E-state index < -0.39 is 18.5 Å². The predicted molar refractivity (Wildman–Crippen MR) is 54.8 cm³/mol. The fourth-order valence-electron chi connectivity index (χ4n) is 1.19. The van der Waals surface area contributed by atoms with E-state index in [0.717, 1.165) is 0 Å². The lowest BCUT2D eigenvalue weighted by Crippen LogP contribution is -2.21. The minimum atomic E-state index is -4.53. The van der Waals surface area contributed by atoms with E-state index in [4.69, 9.17) is 4.74 Å². The van der Waals surface area contributed by atoms with E-state index in [0.29, 0.717) is 5.56 Å². The van der Waals surface area contributed by atoms with Crippen molar-refractivity contribution in [3.8, 4) is 5.88 Å². The summed E-state index contributed by atoms with van der Waals surface area (Å²) in [5, 5.41) is 2.11. The van der Waals surface area contributed by atoms with Gasteiger partial charge in [-0.3, -0.25) is 4.79 Å². The average molecular weight is 248 g/mol. The van der Waals surface area contributed by atoms with Gasteiger partial charge in [0.2, 0.25) is 11.8 Å². The molecule has 1 heterocycles. The third-order valence-electron chi connectivity index (χ3n) is 1.82. The van der Waals surface area contributed by atoms with E-state index in [-0.39, 0.29) is 11.6 Å². The van der Waals surface area contributed by atoms with Gasteiger partial charge in [-0.1, -0.05) is 0 Å². The summed E-state index contributed by atoms with van der Waals surface area (Å²) in [7, 11) is 1.32. The minimum Gasteiger partial charge on any atom is -0.480 e. The molecule has 4 nitrogen and oxygen atoms in total. The summed E-state index contributed by atoms with van der Waals surface area (Å²) >= 11 is 0. The number of aromatic nitrogens is 1. The highest BCUT2D eigenvalue weighted by Gasteiger charge is 2.31. The van der Waals surface area contributed by atoms with Gasteiger partial charge < -0.3 is 10.1 Å². The number of nitrogens with one attached hydrogen (secondary N) is 1. The number of carbonyl (C=O) groups is 1. The summed E-state index contributed by atoms with van der Waals surface area (Å²) in [4.78, 5) is 14.9. The van der Waals surface area contributed by atoms with Crippen molar-refractivity contribution in [1.82, 2.24) is 4.98 Å². The van der Waals surface area contributed by atoms with Crippen molar-refractivity contribution in [3.63, 3.8) is 0 Å². The molecule has 0 unspecified atom stereocenters. The van der Waals surface area contributed by atoms with Crippen LogP contribution in [0, 0.1) is 6.92 Å². The average Bonchev–Trinajstić information content (AvgIpc) is 2.14. The summed E-state index contributed by atoms with van der Waals surface area (Å²) < 4.78 is 40.7. The first-order valence-corrected chi connectivity index (χ1v) is 4.69. The van der Waals surface area contributed by atoms with Gasteiger partial charge >= 0.3 is 6.18 Å². The maximum Gasteiger partial charge on any atom is 0.397 e. The summed E-state index contributed by atoms with van der Waals surface area (Å²) in [5.41, 5.74) is 0.829. The van der Waals surface area contributed by atoms with Gasteiger partial charge in [-0.15, -0.1) is 0 Å². The number of hydrogen-bond acceptors (Lipinski definition) is 3. The first kappa shape index (κ1) is 13.3. The third kappa shape index (κ3) is 4.29. The number of anilines is 1. The van der Waals surface area contributed by atoms with Crippen molar-refractivity contribution in [2.24, 2.45) is 0 Å². The number of aryl methyl sites for hydroxylation is 1. The molecular weight excluding hydrogens is 237 g/mol. The monoisotopic (exact) mass is 248 g/mol. The number of amides is 1. The van der Waals surface area contributed by atoms with Gasteiger partial charge in [-0.2, -0.15) is 13.2 Å². The largest absolute Gasteiger partial charge is 0.480 e. The van der Waals surface area contributed by atoms with E-state index in [1.807, 2.05) is 0 Å². The number of methoxy groups -OCH3 is 1. The number of carbonyl (C=O) groups excluding carboxylic acids is 1. The Morgan fingerprint density at radius 2 is 2.18 bits per heavy atom. The fourth-order valence-corrected chi connectivity index (χ4v) is 1.19. The van der Waals surface area contributed by atoms with Gasteiger partial charge in [-0.05, 0) is 18.6 Å². The molecule has 0 saturated heterocycles. The molecule has 0 bridgehead atoms. The molecule has 0 aromatic carbocycles. The van der Waals surface area contributed by atoms with Crippen LogP contribution in [-0.4, -0.2) is 24.2 Å². The molecule has 1 N–H and O–H groups in total. The van der Waals surface area contributed by atoms with E-state index in [9.17, 15) is 18.0 Å². The van der Waals surface area contributed by atoms with Crippen LogP contribution < -0.4 is 10.1 Å². The zero-order chi connectivity index (χ0) is 13.1. The number of rotatable bonds is 3. The molecule has 0 aliphatic heterocycles. The van der Waals surface area contributed by atoms with E-state index in [1.54, 1.807) is 6.92 Å². The Kier molecular flexibility index (Phi) is 3.93. The highest BCUT2D eigenvalue weighted by Crippen LogP contribution is 2.24. The molecule has 1 aromatic heterocycles. The quantitative estimate of drug-likeness (QED) is 0.892. The molecule has 0 fully saturated rings. The summed E-state index contributed by atoms with van der Waals surface area (Å²) in [5.74, 6) is -1.07. The Bertz CT molecular complexity index is 419. The normalized spacial score (nSPS) is 11.1. The van der Waals surface area contributed by atoms with Gasteiger partial charge in [0.05, 0.1) is 7.11 Å². The molecule has 1 amide bonds. The van der Waals surface area contributed by atoms with Gasteiger partial charge in [0.25, 0.3) is 0 Å². The Morgan fingerprint density at radius 1 is 1.53 bits per heavy atom. The van der Waals surface area contributed by atoms with Crippen molar-refractivity contribution < 1.29 is 22.7 Å². The second-order valence-corrected chi connectivity index (χ2v) is 3.41. The van der Waals surface area contributed by atoms with Gasteiger partial charge in [0.1, 0.15) is 12.1 Å². The SMILES string of the molecule is COc1ncc(C)cc1NC(=O)CC(F)(F)F. The van der Waals surface area contributed by atoms with Crippen LogP contribution in [0.5, 0.6) is 5.88 Å². The number of pyridine rings is 1. The van der Waals surface area contributed by atoms with Crippen LogP contribution in [0.2, 0.25) is 0 Å². The van der Waals surface area contributed by atoms with Crippen molar-refractivity contribution in [1.29, 1.82) is 0 Å².